The molecule has 0 fully saturated rings. The van der Waals surface area contributed by atoms with Gasteiger partial charge in [-0.2, -0.15) is 0 Å². The highest BCUT2D eigenvalue weighted by Crippen LogP contribution is 2.21. The lowest BCUT2D eigenvalue weighted by Gasteiger charge is -2.16. The lowest BCUT2D eigenvalue weighted by molar-refractivity contribution is 0.588. The monoisotopic (exact) mass is 290 g/mol. The summed E-state index contributed by atoms with van der Waals surface area (Å²) in [5, 5.41) is 3.30. The highest BCUT2D eigenvalue weighted by molar-refractivity contribution is 7.89. The molecule has 5 heteroatoms. The fraction of sp³-hybridized carbons (Fsp3) is 0.200. The predicted octanol–water partition coefficient (Wildman–Crippen LogP) is 2.77. The zero-order valence-corrected chi connectivity index (χ0v) is 12.3. The molecule has 0 radical (unpaired) electrons. The van der Waals surface area contributed by atoms with Crippen LogP contribution < -0.4 is 10.0 Å². The maximum Gasteiger partial charge on any atom is 0.240 e. The van der Waals surface area contributed by atoms with E-state index in [-0.39, 0.29) is 10.9 Å². The van der Waals surface area contributed by atoms with Crippen molar-refractivity contribution >= 4 is 15.7 Å². The summed E-state index contributed by atoms with van der Waals surface area (Å²) in [7, 11) is -2.01. The predicted molar refractivity (Wildman–Crippen MR) is 81.2 cm³/mol. The van der Waals surface area contributed by atoms with E-state index in [1.807, 2.05) is 43.3 Å². The molecule has 0 heterocycles. The van der Waals surface area contributed by atoms with Gasteiger partial charge in [-0.25, -0.2) is 13.1 Å². The molecular formula is C15H18N2O2S. The summed E-state index contributed by atoms with van der Waals surface area (Å²) in [4.78, 5) is 0.255. The van der Waals surface area contributed by atoms with Gasteiger partial charge in [-0.1, -0.05) is 36.4 Å². The van der Waals surface area contributed by atoms with Crippen molar-refractivity contribution in [2.45, 2.75) is 17.9 Å². The second-order valence-corrected chi connectivity index (χ2v) is 6.40. The van der Waals surface area contributed by atoms with Gasteiger partial charge in [-0.3, -0.25) is 0 Å². The van der Waals surface area contributed by atoms with E-state index in [0.717, 1.165) is 11.3 Å². The summed E-state index contributed by atoms with van der Waals surface area (Å²) < 4.78 is 25.9. The first-order valence-corrected chi connectivity index (χ1v) is 7.86. The van der Waals surface area contributed by atoms with Crippen LogP contribution in [0.3, 0.4) is 0 Å². The van der Waals surface area contributed by atoms with E-state index in [9.17, 15) is 8.42 Å². The van der Waals surface area contributed by atoms with Gasteiger partial charge in [0, 0.05) is 11.7 Å². The molecular weight excluding hydrogens is 272 g/mol. The first-order chi connectivity index (χ1) is 9.53. The number of anilines is 1. The van der Waals surface area contributed by atoms with E-state index >= 15 is 0 Å². The lowest BCUT2D eigenvalue weighted by Crippen LogP contribution is -2.18. The van der Waals surface area contributed by atoms with Gasteiger partial charge in [-0.15, -0.1) is 0 Å². The third-order valence-electron chi connectivity index (χ3n) is 3.10. The van der Waals surface area contributed by atoms with Crippen molar-refractivity contribution in [3.8, 4) is 0 Å². The van der Waals surface area contributed by atoms with Gasteiger partial charge >= 0.3 is 0 Å². The molecule has 0 aromatic heterocycles. The fourth-order valence-corrected chi connectivity index (χ4v) is 2.72. The molecule has 0 saturated carbocycles. The number of nitrogens with one attached hydrogen (secondary N) is 2. The molecule has 0 aliphatic heterocycles. The summed E-state index contributed by atoms with van der Waals surface area (Å²) in [5.74, 6) is 0. The van der Waals surface area contributed by atoms with Crippen LogP contribution in [0.15, 0.2) is 59.5 Å². The summed E-state index contributed by atoms with van der Waals surface area (Å²) >= 11 is 0. The highest BCUT2D eigenvalue weighted by atomic mass is 32.2. The van der Waals surface area contributed by atoms with Crippen molar-refractivity contribution in [1.29, 1.82) is 0 Å². The van der Waals surface area contributed by atoms with Crippen LogP contribution in [-0.2, 0) is 10.0 Å². The van der Waals surface area contributed by atoms with Gasteiger partial charge in [0.15, 0.2) is 0 Å². The molecule has 2 aromatic carbocycles. The molecule has 0 bridgehead atoms. The van der Waals surface area contributed by atoms with Crippen LogP contribution >= 0.6 is 0 Å². The lowest BCUT2D eigenvalue weighted by atomic mass is 10.1. The Morgan fingerprint density at radius 1 is 1.00 bits per heavy atom. The third-order valence-corrected chi connectivity index (χ3v) is 4.51. The Morgan fingerprint density at radius 2 is 1.70 bits per heavy atom. The van der Waals surface area contributed by atoms with Gasteiger partial charge < -0.3 is 5.32 Å². The molecule has 0 saturated heterocycles. The van der Waals surface area contributed by atoms with Gasteiger partial charge in [-0.05, 0) is 37.7 Å². The van der Waals surface area contributed by atoms with Crippen molar-refractivity contribution in [3.63, 3.8) is 0 Å². The van der Waals surface area contributed by atoms with Crippen LogP contribution in [0.1, 0.15) is 18.5 Å². The van der Waals surface area contributed by atoms with E-state index < -0.39 is 10.0 Å². The molecule has 0 spiro atoms. The number of benzene rings is 2. The molecule has 2 N–H and O–H groups in total. The molecule has 0 aliphatic rings. The number of rotatable bonds is 5. The normalized spacial score (nSPS) is 12.9. The Labute approximate surface area is 119 Å². The summed E-state index contributed by atoms with van der Waals surface area (Å²) in [6, 6.07) is 16.9. The topological polar surface area (TPSA) is 58.2 Å². The number of hydrogen-bond donors (Lipinski definition) is 2. The summed E-state index contributed by atoms with van der Waals surface area (Å²) in [6.07, 6.45) is 0. The Bertz CT molecular complexity index is 669. The molecule has 2 aromatic rings. The Kier molecular flexibility index (Phi) is 4.42. The number of hydrogen-bond acceptors (Lipinski definition) is 3. The minimum absolute atomic E-state index is 0.101. The van der Waals surface area contributed by atoms with Crippen molar-refractivity contribution in [2.75, 3.05) is 12.4 Å². The first kappa shape index (κ1) is 14.6. The van der Waals surface area contributed by atoms with Crippen molar-refractivity contribution in [3.05, 3.63) is 60.2 Å². The van der Waals surface area contributed by atoms with Crippen molar-refractivity contribution in [2.24, 2.45) is 0 Å². The molecule has 1 unspecified atom stereocenters. The van der Waals surface area contributed by atoms with Gasteiger partial charge in [0.2, 0.25) is 10.0 Å². The van der Waals surface area contributed by atoms with E-state index in [4.69, 9.17) is 0 Å². The van der Waals surface area contributed by atoms with Crippen LogP contribution in [0, 0.1) is 0 Å². The summed E-state index contributed by atoms with van der Waals surface area (Å²) in [5.41, 5.74) is 1.92. The smallest absolute Gasteiger partial charge is 0.240 e. The largest absolute Gasteiger partial charge is 0.378 e. The van der Waals surface area contributed by atoms with Crippen LogP contribution in [0.25, 0.3) is 0 Å². The van der Waals surface area contributed by atoms with Gasteiger partial charge in [0.05, 0.1) is 4.90 Å². The quantitative estimate of drug-likeness (QED) is 0.890. The molecule has 20 heavy (non-hydrogen) atoms. The number of sulfonamides is 1. The molecule has 0 aliphatic carbocycles. The van der Waals surface area contributed by atoms with Gasteiger partial charge in [0.25, 0.3) is 0 Å². The Morgan fingerprint density at radius 3 is 2.35 bits per heavy atom. The molecule has 4 nitrogen and oxygen atoms in total. The van der Waals surface area contributed by atoms with E-state index in [1.165, 1.54) is 7.05 Å². The standard InChI is InChI=1S/C15H18N2O2S/c1-12(13-7-4-3-5-8-13)17-14-9-6-10-15(11-14)20(18,19)16-2/h3-12,16-17H,1-2H3. The van der Waals surface area contributed by atoms with Crippen molar-refractivity contribution < 1.29 is 8.42 Å². The van der Waals surface area contributed by atoms with Crippen LogP contribution in [0.5, 0.6) is 0 Å². The first-order valence-electron chi connectivity index (χ1n) is 6.38. The van der Waals surface area contributed by atoms with Crippen LogP contribution in [-0.4, -0.2) is 15.5 Å². The molecule has 106 valence electrons. The van der Waals surface area contributed by atoms with E-state index in [1.54, 1.807) is 18.2 Å². The van der Waals surface area contributed by atoms with E-state index in [2.05, 4.69) is 10.0 Å². The average Bonchev–Trinajstić information content (AvgIpc) is 2.48. The average molecular weight is 290 g/mol. The Balaban J connectivity index is 2.21. The molecule has 2 rings (SSSR count). The zero-order chi connectivity index (χ0) is 14.6. The zero-order valence-electron chi connectivity index (χ0n) is 11.5. The minimum Gasteiger partial charge on any atom is -0.378 e. The SMILES string of the molecule is CNS(=O)(=O)c1cccc(NC(C)c2ccccc2)c1. The minimum atomic E-state index is -3.41. The van der Waals surface area contributed by atoms with Gasteiger partial charge in [0.1, 0.15) is 0 Å². The fourth-order valence-electron chi connectivity index (χ4n) is 1.95. The van der Waals surface area contributed by atoms with Crippen molar-refractivity contribution in [1.82, 2.24) is 4.72 Å². The van der Waals surface area contributed by atoms with Crippen LogP contribution in [0.2, 0.25) is 0 Å². The highest BCUT2D eigenvalue weighted by Gasteiger charge is 2.12. The third kappa shape index (κ3) is 3.37. The molecule has 1 atom stereocenters. The summed E-state index contributed by atoms with van der Waals surface area (Å²) in [6.45, 7) is 2.04. The van der Waals surface area contributed by atoms with E-state index in [0.29, 0.717) is 0 Å². The second kappa shape index (κ2) is 6.07. The Hall–Kier alpha value is -1.85. The maximum atomic E-state index is 11.8. The second-order valence-electron chi connectivity index (χ2n) is 4.51. The maximum absolute atomic E-state index is 11.8. The molecule has 0 amide bonds. The van der Waals surface area contributed by atoms with Crippen LogP contribution in [0.4, 0.5) is 5.69 Å².